The Morgan fingerprint density at radius 1 is 1.43 bits per heavy atom. The Labute approximate surface area is 134 Å². The Kier molecular flexibility index (Phi) is 4.95. The van der Waals surface area contributed by atoms with Gasteiger partial charge in [0.2, 0.25) is 5.95 Å². The highest BCUT2D eigenvalue weighted by Crippen LogP contribution is 2.34. The predicted molar refractivity (Wildman–Crippen MR) is 87.9 cm³/mol. The minimum atomic E-state index is 0.362. The molecular weight excluding hydrogens is 332 g/mol. The van der Waals surface area contributed by atoms with Crippen LogP contribution in [0.25, 0.3) is 0 Å². The number of hydrogen-bond acceptors (Lipinski definition) is 5. The summed E-state index contributed by atoms with van der Waals surface area (Å²) in [7, 11) is 0. The van der Waals surface area contributed by atoms with Gasteiger partial charge in [-0.1, -0.05) is 19.8 Å². The van der Waals surface area contributed by atoms with E-state index in [1.165, 1.54) is 25.7 Å². The van der Waals surface area contributed by atoms with E-state index in [-0.39, 0.29) is 0 Å². The summed E-state index contributed by atoms with van der Waals surface area (Å²) in [6.07, 6.45) is 8.21. The first-order valence-electron chi connectivity index (χ1n) is 7.94. The molecule has 0 radical (unpaired) electrons. The Balaban J connectivity index is 1.83. The Morgan fingerprint density at radius 2 is 2.29 bits per heavy atom. The molecule has 1 aliphatic heterocycles. The zero-order valence-electron chi connectivity index (χ0n) is 12.5. The van der Waals surface area contributed by atoms with Crippen molar-refractivity contribution in [2.45, 2.75) is 51.2 Å². The van der Waals surface area contributed by atoms with Crippen LogP contribution in [-0.4, -0.2) is 41.8 Å². The number of fused-ring (bicyclic) bond motifs is 1. The molecule has 5 nitrogen and oxygen atoms in total. The van der Waals surface area contributed by atoms with Crippen molar-refractivity contribution >= 4 is 27.7 Å². The minimum absolute atomic E-state index is 0.362. The summed E-state index contributed by atoms with van der Waals surface area (Å²) in [6.45, 7) is 4.73. The van der Waals surface area contributed by atoms with Gasteiger partial charge in [-0.3, -0.25) is 0 Å². The summed E-state index contributed by atoms with van der Waals surface area (Å²) in [5, 5.41) is 3.27. The van der Waals surface area contributed by atoms with E-state index in [0.29, 0.717) is 18.1 Å². The molecule has 2 aliphatic rings. The Bertz CT molecular complexity index is 483. The summed E-state index contributed by atoms with van der Waals surface area (Å²) in [5.74, 6) is 1.72. The van der Waals surface area contributed by atoms with Gasteiger partial charge in [0, 0.05) is 19.3 Å². The van der Waals surface area contributed by atoms with E-state index in [4.69, 9.17) is 9.72 Å². The second-order valence-electron chi connectivity index (χ2n) is 5.75. The second kappa shape index (κ2) is 6.92. The quantitative estimate of drug-likeness (QED) is 0.899. The minimum Gasteiger partial charge on any atom is -0.374 e. The first-order valence-corrected chi connectivity index (χ1v) is 8.73. The number of hydrogen-bond donors (Lipinski definition) is 1. The Morgan fingerprint density at radius 3 is 3.14 bits per heavy atom. The number of ether oxygens (including phenoxy) is 1. The average molecular weight is 355 g/mol. The maximum absolute atomic E-state index is 5.95. The van der Waals surface area contributed by atoms with Crippen molar-refractivity contribution in [3.8, 4) is 0 Å². The largest absolute Gasteiger partial charge is 0.374 e. The zero-order valence-corrected chi connectivity index (χ0v) is 14.1. The molecule has 1 aromatic rings. The van der Waals surface area contributed by atoms with Gasteiger partial charge in [0.25, 0.3) is 0 Å². The summed E-state index contributed by atoms with van der Waals surface area (Å²) in [4.78, 5) is 11.5. The van der Waals surface area contributed by atoms with Crippen LogP contribution in [0, 0.1) is 0 Å². The van der Waals surface area contributed by atoms with E-state index in [2.05, 4.69) is 38.1 Å². The van der Waals surface area contributed by atoms with Crippen LogP contribution in [0.4, 0.5) is 11.8 Å². The fourth-order valence-corrected chi connectivity index (χ4v) is 3.66. The van der Waals surface area contributed by atoms with E-state index in [9.17, 15) is 0 Å². The molecular formula is C15H23BrN4O. The molecule has 1 N–H and O–H groups in total. The second-order valence-corrected chi connectivity index (χ2v) is 6.60. The van der Waals surface area contributed by atoms with Crippen LogP contribution in [0.1, 0.15) is 39.0 Å². The first-order chi connectivity index (χ1) is 10.3. The lowest BCUT2D eigenvalue weighted by Crippen LogP contribution is -2.53. The van der Waals surface area contributed by atoms with Crippen LogP contribution >= 0.6 is 15.9 Å². The summed E-state index contributed by atoms with van der Waals surface area (Å²) < 4.78 is 6.92. The van der Waals surface area contributed by atoms with Crippen molar-refractivity contribution in [1.29, 1.82) is 0 Å². The maximum Gasteiger partial charge on any atom is 0.224 e. The van der Waals surface area contributed by atoms with Crippen molar-refractivity contribution in [3.63, 3.8) is 0 Å². The number of rotatable bonds is 4. The molecule has 1 aromatic heterocycles. The van der Waals surface area contributed by atoms with E-state index >= 15 is 0 Å². The van der Waals surface area contributed by atoms with E-state index in [0.717, 1.165) is 36.4 Å². The lowest BCUT2D eigenvalue weighted by atomic mass is 9.90. The molecule has 1 saturated carbocycles. The fraction of sp³-hybridized carbons (Fsp3) is 0.733. The molecule has 2 fully saturated rings. The van der Waals surface area contributed by atoms with Gasteiger partial charge in [0.1, 0.15) is 5.82 Å². The summed E-state index contributed by atoms with van der Waals surface area (Å²) in [6, 6.07) is 0.456. The topological polar surface area (TPSA) is 50.3 Å². The highest BCUT2D eigenvalue weighted by Gasteiger charge is 2.35. The molecule has 0 spiro atoms. The van der Waals surface area contributed by atoms with Crippen molar-refractivity contribution in [2.75, 3.05) is 29.9 Å². The molecule has 3 rings (SSSR count). The lowest BCUT2D eigenvalue weighted by Gasteiger charge is -2.44. The maximum atomic E-state index is 5.95. The van der Waals surface area contributed by atoms with Crippen molar-refractivity contribution < 1.29 is 4.74 Å². The van der Waals surface area contributed by atoms with Crippen molar-refractivity contribution in [3.05, 3.63) is 10.7 Å². The highest BCUT2D eigenvalue weighted by molar-refractivity contribution is 9.10. The smallest absolute Gasteiger partial charge is 0.224 e. The zero-order chi connectivity index (χ0) is 14.7. The number of anilines is 2. The van der Waals surface area contributed by atoms with Gasteiger partial charge < -0.3 is 15.0 Å². The van der Waals surface area contributed by atoms with Crippen molar-refractivity contribution in [2.24, 2.45) is 0 Å². The SMILES string of the molecule is CCCNc1ncc(Br)c(N2CCOC3CCCCC32)n1. The highest BCUT2D eigenvalue weighted by atomic mass is 79.9. The van der Waals surface area contributed by atoms with Gasteiger partial charge in [0.05, 0.1) is 23.2 Å². The van der Waals surface area contributed by atoms with Crippen LogP contribution in [0.5, 0.6) is 0 Å². The normalized spacial score (nSPS) is 25.5. The molecule has 2 unspecified atom stereocenters. The molecule has 116 valence electrons. The number of halogens is 1. The number of nitrogens with zero attached hydrogens (tertiary/aromatic N) is 3. The number of nitrogens with one attached hydrogen (secondary N) is 1. The molecule has 0 bridgehead atoms. The van der Waals surface area contributed by atoms with Gasteiger partial charge in [-0.25, -0.2) is 4.98 Å². The van der Waals surface area contributed by atoms with Crippen molar-refractivity contribution in [1.82, 2.24) is 9.97 Å². The average Bonchev–Trinajstić information content (AvgIpc) is 2.54. The molecule has 0 amide bonds. The van der Waals surface area contributed by atoms with Gasteiger partial charge in [-0.2, -0.15) is 4.98 Å². The van der Waals surface area contributed by atoms with Gasteiger partial charge >= 0.3 is 0 Å². The van der Waals surface area contributed by atoms with E-state index in [1.54, 1.807) is 0 Å². The van der Waals surface area contributed by atoms with Crippen LogP contribution in [0.2, 0.25) is 0 Å². The van der Waals surface area contributed by atoms with Gasteiger partial charge in [-0.05, 0) is 35.2 Å². The number of aromatic nitrogens is 2. The van der Waals surface area contributed by atoms with E-state index < -0.39 is 0 Å². The fourth-order valence-electron chi connectivity index (χ4n) is 3.24. The first kappa shape index (κ1) is 15.0. The molecule has 1 saturated heterocycles. The summed E-state index contributed by atoms with van der Waals surface area (Å²) >= 11 is 3.62. The Hall–Kier alpha value is -0.880. The lowest BCUT2D eigenvalue weighted by molar-refractivity contribution is -0.00904. The van der Waals surface area contributed by atoms with Crippen LogP contribution in [0.3, 0.4) is 0 Å². The monoisotopic (exact) mass is 354 g/mol. The molecule has 6 heteroatoms. The van der Waals surface area contributed by atoms with Crippen LogP contribution in [0.15, 0.2) is 10.7 Å². The molecule has 0 aromatic carbocycles. The molecule has 2 heterocycles. The van der Waals surface area contributed by atoms with Crippen LogP contribution in [-0.2, 0) is 4.74 Å². The van der Waals surface area contributed by atoms with E-state index in [1.807, 2.05) is 6.20 Å². The van der Waals surface area contributed by atoms with Crippen LogP contribution < -0.4 is 10.2 Å². The standard InChI is InChI=1S/C15H23BrN4O/c1-2-7-17-15-18-10-11(16)14(19-15)20-8-9-21-13-6-4-3-5-12(13)20/h10,12-13H,2-9H2,1H3,(H,17,18,19). The third-order valence-electron chi connectivity index (χ3n) is 4.26. The van der Waals surface area contributed by atoms with Gasteiger partial charge in [0.15, 0.2) is 0 Å². The summed E-state index contributed by atoms with van der Waals surface area (Å²) in [5.41, 5.74) is 0. The molecule has 2 atom stereocenters. The molecule has 21 heavy (non-hydrogen) atoms. The third-order valence-corrected chi connectivity index (χ3v) is 4.82. The number of morpholine rings is 1. The molecule has 1 aliphatic carbocycles. The van der Waals surface area contributed by atoms with Gasteiger partial charge in [-0.15, -0.1) is 0 Å². The predicted octanol–water partition coefficient (Wildman–Crippen LogP) is 3.21. The third kappa shape index (κ3) is 3.31.